The smallest absolute Gasteiger partial charge is 0.212 e. The Kier molecular flexibility index (Phi) is 3.81. The van der Waals surface area contributed by atoms with Crippen molar-refractivity contribution in [1.82, 2.24) is 4.31 Å². The first-order chi connectivity index (χ1) is 8.32. The summed E-state index contributed by atoms with van der Waals surface area (Å²) in [5.41, 5.74) is 0.377. The van der Waals surface area contributed by atoms with Gasteiger partial charge in [0.25, 0.3) is 0 Å². The molecule has 3 aliphatic carbocycles. The van der Waals surface area contributed by atoms with Gasteiger partial charge in [0.15, 0.2) is 0 Å². The SMILES string of the molecule is CCN(CC)S(=O)(=O)C[C@@H]1CC[C@H]2C[C@@H]1C2(C)C. The van der Waals surface area contributed by atoms with Crippen LogP contribution >= 0.6 is 0 Å². The zero-order valence-electron chi connectivity index (χ0n) is 12.1. The molecule has 0 N–H and O–H groups in total. The molecule has 2 bridgehead atoms. The Bertz CT molecular complexity index is 396. The van der Waals surface area contributed by atoms with Gasteiger partial charge in [0.05, 0.1) is 5.75 Å². The van der Waals surface area contributed by atoms with Gasteiger partial charge in [-0.05, 0) is 42.4 Å². The Morgan fingerprint density at radius 3 is 2.22 bits per heavy atom. The largest absolute Gasteiger partial charge is 0.214 e. The van der Waals surface area contributed by atoms with Gasteiger partial charge in [-0.2, -0.15) is 0 Å². The minimum atomic E-state index is -3.05. The lowest BCUT2D eigenvalue weighted by molar-refractivity contribution is -0.0979. The molecule has 4 heteroatoms. The normalized spacial score (nSPS) is 34.4. The summed E-state index contributed by atoms with van der Waals surface area (Å²) in [6.07, 6.45) is 3.59. The van der Waals surface area contributed by atoms with E-state index in [-0.39, 0.29) is 0 Å². The van der Waals surface area contributed by atoms with E-state index in [1.54, 1.807) is 4.31 Å². The molecule has 3 saturated carbocycles. The Hall–Kier alpha value is -0.0900. The van der Waals surface area contributed by atoms with E-state index in [1.807, 2.05) is 13.8 Å². The summed E-state index contributed by atoms with van der Waals surface area (Å²) >= 11 is 0. The third-order valence-corrected chi connectivity index (χ3v) is 7.68. The molecule has 3 atom stereocenters. The minimum absolute atomic E-state index is 0.371. The van der Waals surface area contributed by atoms with E-state index >= 15 is 0 Å². The Labute approximate surface area is 112 Å². The van der Waals surface area contributed by atoms with E-state index in [0.717, 1.165) is 12.3 Å². The highest BCUT2D eigenvalue weighted by Crippen LogP contribution is 2.61. The molecule has 0 aromatic rings. The second-order valence-corrected chi connectivity index (χ2v) is 8.57. The standard InChI is InChI=1S/C14H27NO2S/c1-5-15(6-2)18(16,17)10-11-7-8-12-9-13(11)14(12,3)4/h11-13H,5-10H2,1-4H3/t11-,12-,13-/m0/s1. The van der Waals surface area contributed by atoms with Gasteiger partial charge in [0.2, 0.25) is 10.0 Å². The molecule has 0 saturated heterocycles. The molecule has 0 aromatic carbocycles. The van der Waals surface area contributed by atoms with Crippen molar-refractivity contribution in [2.45, 2.75) is 47.0 Å². The van der Waals surface area contributed by atoms with Crippen molar-refractivity contribution in [3.8, 4) is 0 Å². The van der Waals surface area contributed by atoms with Gasteiger partial charge in [-0.25, -0.2) is 12.7 Å². The molecule has 0 amide bonds. The summed E-state index contributed by atoms with van der Waals surface area (Å²) in [6.45, 7) is 9.69. The Balaban J connectivity index is 2.06. The van der Waals surface area contributed by atoms with Crippen molar-refractivity contribution in [1.29, 1.82) is 0 Å². The second-order valence-electron chi connectivity index (χ2n) is 6.56. The van der Waals surface area contributed by atoms with Gasteiger partial charge in [0, 0.05) is 13.1 Å². The number of fused-ring (bicyclic) bond motifs is 2. The average Bonchev–Trinajstić information content (AvgIpc) is 2.29. The zero-order chi connectivity index (χ0) is 13.6. The number of rotatable bonds is 5. The predicted molar refractivity (Wildman–Crippen MR) is 74.8 cm³/mol. The molecule has 106 valence electrons. The maximum absolute atomic E-state index is 12.4. The molecule has 0 unspecified atom stereocenters. The van der Waals surface area contributed by atoms with Crippen molar-refractivity contribution >= 4 is 10.0 Å². The van der Waals surface area contributed by atoms with Crippen LogP contribution in [0.4, 0.5) is 0 Å². The molecule has 0 heterocycles. The van der Waals surface area contributed by atoms with Crippen molar-refractivity contribution in [2.75, 3.05) is 18.8 Å². The zero-order valence-corrected chi connectivity index (χ0v) is 13.0. The topological polar surface area (TPSA) is 37.4 Å². The highest BCUT2D eigenvalue weighted by molar-refractivity contribution is 7.89. The molecule has 3 aliphatic rings. The van der Waals surface area contributed by atoms with E-state index in [2.05, 4.69) is 13.8 Å². The highest BCUT2D eigenvalue weighted by atomic mass is 32.2. The van der Waals surface area contributed by atoms with Gasteiger partial charge in [0.1, 0.15) is 0 Å². The molecular formula is C14H27NO2S. The Morgan fingerprint density at radius 1 is 1.17 bits per heavy atom. The molecule has 3 fully saturated rings. The maximum Gasteiger partial charge on any atom is 0.214 e. The summed E-state index contributed by atoms with van der Waals surface area (Å²) in [5.74, 6) is 2.22. The minimum Gasteiger partial charge on any atom is -0.212 e. The van der Waals surface area contributed by atoms with Gasteiger partial charge in [-0.1, -0.05) is 27.7 Å². The molecule has 0 radical (unpaired) electrons. The van der Waals surface area contributed by atoms with Crippen LogP contribution < -0.4 is 0 Å². The number of hydrogen-bond donors (Lipinski definition) is 0. The van der Waals surface area contributed by atoms with Crippen molar-refractivity contribution in [3.05, 3.63) is 0 Å². The average molecular weight is 273 g/mol. The predicted octanol–water partition coefficient (Wildman–Crippen LogP) is 2.73. The van der Waals surface area contributed by atoms with Crippen LogP contribution in [0.15, 0.2) is 0 Å². The van der Waals surface area contributed by atoms with Crippen molar-refractivity contribution < 1.29 is 8.42 Å². The quantitative estimate of drug-likeness (QED) is 0.772. The van der Waals surface area contributed by atoms with Crippen molar-refractivity contribution in [3.63, 3.8) is 0 Å². The summed E-state index contributed by atoms with van der Waals surface area (Å²) in [7, 11) is -3.05. The highest BCUT2D eigenvalue weighted by Gasteiger charge is 2.54. The first-order valence-corrected chi connectivity index (χ1v) is 8.91. The maximum atomic E-state index is 12.4. The number of nitrogens with zero attached hydrogens (tertiary/aromatic N) is 1. The van der Waals surface area contributed by atoms with Gasteiger partial charge >= 0.3 is 0 Å². The van der Waals surface area contributed by atoms with Crippen LogP contribution in [0.25, 0.3) is 0 Å². The van der Waals surface area contributed by atoms with Crippen LogP contribution in [0.1, 0.15) is 47.0 Å². The van der Waals surface area contributed by atoms with Crippen LogP contribution in [-0.2, 0) is 10.0 Å². The fourth-order valence-electron chi connectivity index (χ4n) is 4.15. The number of hydrogen-bond acceptors (Lipinski definition) is 2. The molecule has 18 heavy (non-hydrogen) atoms. The molecular weight excluding hydrogens is 246 g/mol. The van der Waals surface area contributed by atoms with E-state index in [0.29, 0.717) is 36.1 Å². The first kappa shape index (κ1) is 14.3. The second kappa shape index (κ2) is 4.78. The van der Waals surface area contributed by atoms with E-state index in [4.69, 9.17) is 0 Å². The fraction of sp³-hybridized carbons (Fsp3) is 1.00. The van der Waals surface area contributed by atoms with Crippen molar-refractivity contribution in [2.24, 2.45) is 23.2 Å². The van der Waals surface area contributed by atoms with E-state index in [9.17, 15) is 8.42 Å². The lowest BCUT2D eigenvalue weighted by Gasteiger charge is -2.60. The monoisotopic (exact) mass is 273 g/mol. The molecule has 0 spiro atoms. The lowest BCUT2D eigenvalue weighted by atomic mass is 9.46. The summed E-state index contributed by atoms with van der Waals surface area (Å²) in [6, 6.07) is 0. The first-order valence-electron chi connectivity index (χ1n) is 7.30. The number of sulfonamides is 1. The van der Waals surface area contributed by atoms with Crippen LogP contribution in [0.5, 0.6) is 0 Å². The van der Waals surface area contributed by atoms with Crippen LogP contribution in [0.2, 0.25) is 0 Å². The molecule has 3 nitrogen and oxygen atoms in total. The van der Waals surface area contributed by atoms with Crippen LogP contribution in [-0.4, -0.2) is 31.6 Å². The molecule has 3 rings (SSSR count). The lowest BCUT2D eigenvalue weighted by Crippen LogP contribution is -2.54. The molecule has 0 aromatic heterocycles. The summed E-state index contributed by atoms with van der Waals surface area (Å²) in [4.78, 5) is 0. The third kappa shape index (κ3) is 2.22. The third-order valence-electron chi connectivity index (χ3n) is 5.52. The van der Waals surface area contributed by atoms with Crippen LogP contribution in [0, 0.1) is 23.2 Å². The summed E-state index contributed by atoms with van der Waals surface area (Å²) in [5, 5.41) is 0. The van der Waals surface area contributed by atoms with Crippen LogP contribution in [0.3, 0.4) is 0 Å². The van der Waals surface area contributed by atoms with Gasteiger partial charge < -0.3 is 0 Å². The Morgan fingerprint density at radius 2 is 1.78 bits per heavy atom. The summed E-state index contributed by atoms with van der Waals surface area (Å²) < 4.78 is 26.3. The van der Waals surface area contributed by atoms with Gasteiger partial charge in [-0.3, -0.25) is 0 Å². The van der Waals surface area contributed by atoms with E-state index < -0.39 is 10.0 Å². The van der Waals surface area contributed by atoms with E-state index in [1.165, 1.54) is 12.8 Å². The fourth-order valence-corrected chi connectivity index (χ4v) is 6.09. The molecule has 0 aliphatic heterocycles. The van der Waals surface area contributed by atoms with Gasteiger partial charge in [-0.15, -0.1) is 0 Å².